The van der Waals surface area contributed by atoms with Crippen LogP contribution in [0.25, 0.3) is 11.1 Å². The Hall–Kier alpha value is -3.22. The molecule has 0 aliphatic carbocycles. The third-order valence-corrected chi connectivity index (χ3v) is 5.47. The maximum atomic E-state index is 12.4. The molecule has 3 rings (SSSR count). The summed E-state index contributed by atoms with van der Waals surface area (Å²) in [6.07, 6.45) is 3.63. The Morgan fingerprint density at radius 3 is 2.15 bits per heavy atom. The molecule has 6 nitrogen and oxygen atoms in total. The van der Waals surface area contributed by atoms with Crippen LogP contribution in [-0.2, 0) is 17.6 Å². The van der Waals surface area contributed by atoms with Gasteiger partial charge < -0.3 is 20.9 Å². The van der Waals surface area contributed by atoms with E-state index in [-0.39, 0.29) is 6.04 Å². The molecule has 3 atom stereocenters. The second kappa shape index (κ2) is 11.8. The third kappa shape index (κ3) is 8.28. The molecule has 2 aromatic carbocycles. The zero-order valence-corrected chi connectivity index (χ0v) is 20.1. The average Bonchev–Trinajstić information content (AvgIpc) is 2.79. The maximum Gasteiger partial charge on any atom is 0.407 e. The summed E-state index contributed by atoms with van der Waals surface area (Å²) < 4.78 is 5.41. The van der Waals surface area contributed by atoms with Crippen molar-refractivity contribution in [3.8, 4) is 11.1 Å². The predicted octanol–water partition coefficient (Wildman–Crippen LogP) is 4.51. The molecule has 34 heavy (non-hydrogen) atoms. The minimum atomic E-state index is -0.821. The molecule has 1 amide bonds. The van der Waals surface area contributed by atoms with Crippen LogP contribution in [0.2, 0.25) is 0 Å². The lowest BCUT2D eigenvalue weighted by Crippen LogP contribution is -2.48. The third-order valence-electron chi connectivity index (χ3n) is 5.47. The molecule has 0 radical (unpaired) electrons. The Morgan fingerprint density at radius 2 is 1.53 bits per heavy atom. The maximum absolute atomic E-state index is 12.4. The number of benzene rings is 2. The van der Waals surface area contributed by atoms with Gasteiger partial charge in [-0.25, -0.2) is 4.79 Å². The van der Waals surface area contributed by atoms with Crippen LogP contribution in [0.1, 0.15) is 38.3 Å². The van der Waals surface area contributed by atoms with E-state index >= 15 is 0 Å². The number of alkyl carbamates (subject to hydrolysis) is 1. The first-order valence-electron chi connectivity index (χ1n) is 11.7. The van der Waals surface area contributed by atoms with Crippen LogP contribution in [0.5, 0.6) is 0 Å². The average molecular weight is 462 g/mol. The summed E-state index contributed by atoms with van der Waals surface area (Å²) in [6.45, 7) is 5.43. The minimum absolute atomic E-state index is 0.263. The van der Waals surface area contributed by atoms with Crippen LogP contribution >= 0.6 is 0 Å². The number of nitrogens with zero attached hydrogens (tertiary/aromatic N) is 1. The van der Waals surface area contributed by atoms with Gasteiger partial charge in [0, 0.05) is 18.4 Å². The van der Waals surface area contributed by atoms with Gasteiger partial charge in [-0.05, 0) is 74.4 Å². The van der Waals surface area contributed by atoms with Crippen molar-refractivity contribution < 1.29 is 14.6 Å². The minimum Gasteiger partial charge on any atom is -0.444 e. The SMILES string of the molecule is CC(C)(C)OC(=O)N[C@@H](Cc1ccccc1)[C@@H](O)C[C@@H](N)Cc1ccc(-c2ccncc2)cc1. The van der Waals surface area contributed by atoms with E-state index < -0.39 is 23.8 Å². The van der Waals surface area contributed by atoms with Gasteiger partial charge in [0.2, 0.25) is 0 Å². The Labute approximate surface area is 202 Å². The number of carbonyl (C=O) groups excluding carboxylic acids is 1. The number of hydrogen-bond acceptors (Lipinski definition) is 5. The van der Waals surface area contributed by atoms with Crippen LogP contribution in [-0.4, -0.2) is 40.0 Å². The molecule has 1 aromatic heterocycles. The highest BCUT2D eigenvalue weighted by Gasteiger charge is 2.26. The number of rotatable bonds is 9. The zero-order chi connectivity index (χ0) is 24.6. The van der Waals surface area contributed by atoms with Crippen LogP contribution in [0.15, 0.2) is 79.1 Å². The molecule has 0 spiro atoms. The lowest BCUT2D eigenvalue weighted by atomic mass is 9.93. The fourth-order valence-corrected chi connectivity index (χ4v) is 3.85. The topological polar surface area (TPSA) is 97.5 Å². The molecule has 1 heterocycles. The van der Waals surface area contributed by atoms with Gasteiger partial charge in [0.15, 0.2) is 0 Å². The molecular formula is C28H35N3O3. The molecule has 6 heteroatoms. The fourth-order valence-electron chi connectivity index (χ4n) is 3.85. The van der Waals surface area contributed by atoms with E-state index in [1.54, 1.807) is 12.4 Å². The number of nitrogens with one attached hydrogen (secondary N) is 1. The van der Waals surface area contributed by atoms with Gasteiger partial charge in [0.05, 0.1) is 12.1 Å². The van der Waals surface area contributed by atoms with Gasteiger partial charge >= 0.3 is 6.09 Å². The van der Waals surface area contributed by atoms with Gasteiger partial charge in [-0.15, -0.1) is 0 Å². The summed E-state index contributed by atoms with van der Waals surface area (Å²) in [7, 11) is 0. The van der Waals surface area contributed by atoms with Gasteiger partial charge in [0.1, 0.15) is 5.60 Å². The van der Waals surface area contributed by atoms with E-state index in [2.05, 4.69) is 34.6 Å². The Morgan fingerprint density at radius 1 is 0.941 bits per heavy atom. The van der Waals surface area contributed by atoms with Gasteiger partial charge in [-0.3, -0.25) is 4.98 Å². The van der Waals surface area contributed by atoms with Gasteiger partial charge in [-0.2, -0.15) is 0 Å². The predicted molar refractivity (Wildman–Crippen MR) is 135 cm³/mol. The summed E-state index contributed by atoms with van der Waals surface area (Å²) >= 11 is 0. The molecule has 0 saturated heterocycles. The van der Waals surface area contributed by atoms with Crippen molar-refractivity contribution >= 4 is 6.09 Å². The van der Waals surface area contributed by atoms with E-state index in [4.69, 9.17) is 10.5 Å². The number of aliphatic hydroxyl groups excluding tert-OH is 1. The van der Waals surface area contributed by atoms with Crippen molar-refractivity contribution in [3.63, 3.8) is 0 Å². The standard InChI is InChI=1S/C28H35N3O3/c1-28(2,3)34-27(33)31-25(18-20-7-5-4-6-8-20)26(32)19-24(29)17-21-9-11-22(12-10-21)23-13-15-30-16-14-23/h4-16,24-26,32H,17-19,29H2,1-3H3,(H,31,33)/t24-,25-,26-/m0/s1. The molecule has 0 unspecified atom stereocenters. The number of nitrogens with two attached hydrogens (primary N) is 1. The van der Waals surface area contributed by atoms with Crippen LogP contribution in [0, 0.1) is 0 Å². The zero-order valence-electron chi connectivity index (χ0n) is 20.1. The summed E-state index contributed by atoms with van der Waals surface area (Å²) in [4.78, 5) is 16.5. The van der Waals surface area contributed by atoms with Crippen molar-refractivity contribution in [3.05, 3.63) is 90.3 Å². The second-order valence-corrected chi connectivity index (χ2v) is 9.64. The van der Waals surface area contributed by atoms with Gasteiger partial charge in [-0.1, -0.05) is 54.6 Å². The Bertz CT molecular complexity index is 1020. The number of aliphatic hydroxyl groups is 1. The van der Waals surface area contributed by atoms with E-state index in [1.165, 1.54) is 0 Å². The number of carbonyl (C=O) groups is 1. The number of aromatic nitrogens is 1. The lowest BCUT2D eigenvalue weighted by Gasteiger charge is -2.28. The monoisotopic (exact) mass is 461 g/mol. The van der Waals surface area contributed by atoms with E-state index in [0.29, 0.717) is 19.3 Å². The number of ether oxygens (including phenoxy) is 1. The highest BCUT2D eigenvalue weighted by molar-refractivity contribution is 5.68. The molecule has 4 N–H and O–H groups in total. The van der Waals surface area contributed by atoms with Crippen molar-refractivity contribution in [1.82, 2.24) is 10.3 Å². The van der Waals surface area contributed by atoms with Crippen molar-refractivity contribution in [2.24, 2.45) is 5.73 Å². The van der Waals surface area contributed by atoms with Crippen LogP contribution < -0.4 is 11.1 Å². The molecule has 3 aromatic rings. The van der Waals surface area contributed by atoms with Crippen molar-refractivity contribution in [2.75, 3.05) is 0 Å². The van der Waals surface area contributed by atoms with E-state index in [9.17, 15) is 9.90 Å². The smallest absolute Gasteiger partial charge is 0.407 e. The van der Waals surface area contributed by atoms with Crippen molar-refractivity contribution in [2.45, 2.75) is 63.8 Å². The summed E-state index contributed by atoms with van der Waals surface area (Å²) in [5, 5.41) is 13.8. The van der Waals surface area contributed by atoms with Crippen LogP contribution in [0.3, 0.4) is 0 Å². The van der Waals surface area contributed by atoms with E-state index in [0.717, 1.165) is 22.3 Å². The quantitative estimate of drug-likeness (QED) is 0.436. The number of amides is 1. The Kier molecular flexibility index (Phi) is 8.79. The molecular weight excluding hydrogens is 426 g/mol. The number of pyridine rings is 1. The first-order chi connectivity index (χ1) is 16.2. The number of hydrogen-bond donors (Lipinski definition) is 3. The first-order valence-corrected chi connectivity index (χ1v) is 11.7. The Balaban J connectivity index is 1.62. The largest absolute Gasteiger partial charge is 0.444 e. The highest BCUT2D eigenvalue weighted by atomic mass is 16.6. The van der Waals surface area contributed by atoms with E-state index in [1.807, 2.05) is 63.2 Å². The summed E-state index contributed by atoms with van der Waals surface area (Å²) in [6, 6.07) is 21.2. The highest BCUT2D eigenvalue weighted by Crippen LogP contribution is 2.20. The van der Waals surface area contributed by atoms with Gasteiger partial charge in [0.25, 0.3) is 0 Å². The molecule has 0 aliphatic heterocycles. The summed E-state index contributed by atoms with van der Waals surface area (Å²) in [5.41, 5.74) is 10.1. The summed E-state index contributed by atoms with van der Waals surface area (Å²) in [5.74, 6) is 0. The normalized spacial score (nSPS) is 14.1. The lowest BCUT2D eigenvalue weighted by molar-refractivity contribution is 0.0405. The molecule has 0 saturated carbocycles. The first kappa shape index (κ1) is 25.4. The molecule has 0 bridgehead atoms. The van der Waals surface area contributed by atoms with Crippen molar-refractivity contribution in [1.29, 1.82) is 0 Å². The molecule has 180 valence electrons. The fraction of sp³-hybridized carbons (Fsp3) is 0.357. The molecule has 0 fully saturated rings. The second-order valence-electron chi connectivity index (χ2n) is 9.64. The molecule has 0 aliphatic rings. The van der Waals surface area contributed by atoms with Crippen LogP contribution in [0.4, 0.5) is 4.79 Å².